The van der Waals surface area contributed by atoms with Crippen LogP contribution in [0.25, 0.3) is 0 Å². The Morgan fingerprint density at radius 3 is 2.60 bits per heavy atom. The predicted molar refractivity (Wildman–Crippen MR) is 140 cm³/mol. The summed E-state index contributed by atoms with van der Waals surface area (Å²) in [6.07, 6.45) is 4.81. The molecule has 4 heterocycles. The zero-order valence-corrected chi connectivity index (χ0v) is 20.9. The summed E-state index contributed by atoms with van der Waals surface area (Å²) in [6.45, 7) is 5.01. The van der Waals surface area contributed by atoms with Crippen molar-refractivity contribution in [2.24, 2.45) is 5.41 Å². The molecule has 2 aliphatic heterocycles. The van der Waals surface area contributed by atoms with Crippen LogP contribution in [-0.2, 0) is 13.2 Å². The number of nitrogens with zero attached hydrogens (tertiary/aromatic N) is 3. The third-order valence-corrected chi connectivity index (χ3v) is 7.23. The summed E-state index contributed by atoms with van der Waals surface area (Å²) in [4.78, 5) is 11.0. The van der Waals surface area contributed by atoms with Crippen LogP contribution in [0.1, 0.15) is 22.3 Å². The van der Waals surface area contributed by atoms with E-state index in [9.17, 15) is 0 Å². The molecule has 0 atom stereocenters. The van der Waals surface area contributed by atoms with Gasteiger partial charge in [-0.05, 0) is 31.3 Å². The first-order valence-electron chi connectivity index (χ1n) is 11.4. The van der Waals surface area contributed by atoms with Crippen LogP contribution >= 0.6 is 23.2 Å². The second kappa shape index (κ2) is 9.62. The highest BCUT2D eigenvalue weighted by Crippen LogP contribution is 2.38. The summed E-state index contributed by atoms with van der Waals surface area (Å²) in [6, 6.07) is 7.28. The maximum absolute atomic E-state index is 8.87. The summed E-state index contributed by atoms with van der Waals surface area (Å²) in [5.74, 6) is 1.53. The summed E-state index contributed by atoms with van der Waals surface area (Å²) >= 11 is 12.4. The molecule has 0 unspecified atom stereocenters. The van der Waals surface area contributed by atoms with E-state index in [0.717, 1.165) is 37.6 Å². The first kappa shape index (κ1) is 23.8. The number of rotatable bonds is 8. The number of hydrogen-bond acceptors (Lipinski definition) is 8. The van der Waals surface area contributed by atoms with Crippen LogP contribution in [0.15, 0.2) is 42.9 Å². The molecule has 35 heavy (non-hydrogen) atoms. The van der Waals surface area contributed by atoms with E-state index >= 15 is 0 Å². The fourth-order valence-electron chi connectivity index (χ4n) is 4.59. The maximum Gasteiger partial charge on any atom is 0.133 e. The zero-order chi connectivity index (χ0) is 24.6. The fourth-order valence-corrected chi connectivity index (χ4v) is 5.06. The second-order valence-electron chi connectivity index (χ2n) is 9.19. The van der Waals surface area contributed by atoms with E-state index in [-0.39, 0.29) is 12.3 Å². The van der Waals surface area contributed by atoms with Crippen LogP contribution in [0, 0.1) is 10.8 Å². The highest BCUT2D eigenvalue weighted by atomic mass is 35.5. The average Bonchev–Trinajstić information content (AvgIpc) is 2.78. The van der Waals surface area contributed by atoms with Crippen molar-refractivity contribution in [1.29, 1.82) is 5.41 Å². The van der Waals surface area contributed by atoms with Gasteiger partial charge in [0.05, 0.1) is 15.8 Å². The molecule has 0 amide bonds. The molecule has 1 aromatic carbocycles. The van der Waals surface area contributed by atoms with Gasteiger partial charge in [-0.15, -0.1) is 0 Å². The Bertz CT molecular complexity index is 1250. The number of nitrogens with two attached hydrogens (primary N) is 1. The Kier molecular flexibility index (Phi) is 6.55. The number of nitrogen functional groups attached to an aromatic ring is 1. The minimum absolute atomic E-state index is 0.173. The van der Waals surface area contributed by atoms with Crippen molar-refractivity contribution in [3.05, 3.63) is 75.2 Å². The molecule has 1 spiro atoms. The van der Waals surface area contributed by atoms with Crippen molar-refractivity contribution in [2.45, 2.75) is 13.2 Å². The number of hydrogen-bond donors (Lipinski definition) is 4. The molecule has 0 bridgehead atoms. The molecule has 8 nitrogen and oxygen atoms in total. The van der Waals surface area contributed by atoms with Crippen LogP contribution in [-0.4, -0.2) is 48.9 Å². The van der Waals surface area contributed by atoms with Gasteiger partial charge in [0, 0.05) is 84.7 Å². The smallest absolute Gasteiger partial charge is 0.133 e. The molecule has 182 valence electrons. The van der Waals surface area contributed by atoms with Gasteiger partial charge in [-0.25, -0.2) is 4.98 Å². The van der Waals surface area contributed by atoms with Crippen molar-refractivity contribution in [1.82, 2.24) is 20.6 Å². The number of pyridine rings is 2. The molecule has 2 saturated heterocycles. The monoisotopic (exact) mass is 511 g/mol. The van der Waals surface area contributed by atoms with E-state index in [0.29, 0.717) is 50.1 Å². The standard InChI is InChI=1S/C25H27Cl2N7O/c1-30-6-16-4-15(7-33-24(16)34-13-25(14-34)11-32-12-25)23(29)18-5-17(2-3-22(18)28)35-10-19-20(26)8-31-9-21(19)27/h2-5,7-9,29-30,32H,6,10-14,28H2,1H3. The summed E-state index contributed by atoms with van der Waals surface area (Å²) in [5, 5.41) is 16.3. The van der Waals surface area contributed by atoms with Crippen molar-refractivity contribution in [3.63, 3.8) is 0 Å². The van der Waals surface area contributed by atoms with Gasteiger partial charge in [-0.2, -0.15) is 0 Å². The third-order valence-electron chi connectivity index (χ3n) is 6.58. The van der Waals surface area contributed by atoms with Gasteiger partial charge >= 0.3 is 0 Å². The summed E-state index contributed by atoms with van der Waals surface area (Å²) in [7, 11) is 1.91. The van der Waals surface area contributed by atoms with E-state index in [1.54, 1.807) is 24.4 Å². The molecule has 5 N–H and O–H groups in total. The third kappa shape index (κ3) is 4.67. The first-order valence-corrected chi connectivity index (χ1v) is 12.1. The number of nitrogens with one attached hydrogen (secondary N) is 3. The van der Waals surface area contributed by atoms with Gasteiger partial charge < -0.3 is 26.0 Å². The molecule has 2 aromatic heterocycles. The summed E-state index contributed by atoms with van der Waals surface area (Å²) < 4.78 is 5.92. The van der Waals surface area contributed by atoms with Gasteiger partial charge in [0.15, 0.2) is 0 Å². The molecule has 0 radical (unpaired) electrons. The van der Waals surface area contributed by atoms with Crippen molar-refractivity contribution >= 4 is 40.4 Å². The Morgan fingerprint density at radius 1 is 1.20 bits per heavy atom. The normalized spacial score (nSPS) is 16.0. The lowest BCUT2D eigenvalue weighted by Gasteiger charge is -2.56. The van der Waals surface area contributed by atoms with Gasteiger partial charge in [0.2, 0.25) is 0 Å². The summed E-state index contributed by atoms with van der Waals surface area (Å²) in [5.41, 5.74) is 10.4. The fraction of sp³-hybridized carbons (Fsp3) is 0.320. The molecule has 10 heteroatoms. The first-order chi connectivity index (χ1) is 16.9. The molecule has 0 saturated carbocycles. The van der Waals surface area contributed by atoms with Crippen molar-refractivity contribution in [3.8, 4) is 5.75 Å². The lowest BCUT2D eigenvalue weighted by atomic mass is 9.74. The molecular weight excluding hydrogens is 485 g/mol. The molecule has 3 aromatic rings. The van der Waals surface area contributed by atoms with Crippen LogP contribution in [0.5, 0.6) is 5.75 Å². The molecule has 5 rings (SSSR count). The van der Waals surface area contributed by atoms with E-state index in [1.807, 2.05) is 13.1 Å². The van der Waals surface area contributed by atoms with Crippen LogP contribution in [0.2, 0.25) is 10.0 Å². The number of anilines is 2. The van der Waals surface area contributed by atoms with Crippen LogP contribution in [0.4, 0.5) is 11.5 Å². The van der Waals surface area contributed by atoms with E-state index < -0.39 is 0 Å². The van der Waals surface area contributed by atoms with E-state index in [4.69, 9.17) is 44.1 Å². The van der Waals surface area contributed by atoms with Gasteiger partial charge in [-0.3, -0.25) is 10.4 Å². The predicted octanol–water partition coefficient (Wildman–Crippen LogP) is 3.49. The molecular formula is C25H27Cl2N7O. The van der Waals surface area contributed by atoms with Gasteiger partial charge in [-0.1, -0.05) is 23.2 Å². The molecule has 0 aliphatic carbocycles. The van der Waals surface area contributed by atoms with Crippen LogP contribution in [0.3, 0.4) is 0 Å². The zero-order valence-electron chi connectivity index (χ0n) is 19.4. The maximum atomic E-state index is 8.87. The van der Waals surface area contributed by atoms with E-state index in [2.05, 4.69) is 20.5 Å². The number of halogens is 2. The minimum atomic E-state index is 0.173. The largest absolute Gasteiger partial charge is 0.489 e. The number of aromatic nitrogens is 2. The molecule has 2 aliphatic rings. The second-order valence-corrected chi connectivity index (χ2v) is 10.0. The lowest BCUT2D eigenvalue weighted by Crippen LogP contribution is -2.71. The average molecular weight is 512 g/mol. The van der Waals surface area contributed by atoms with Crippen molar-refractivity contribution in [2.75, 3.05) is 43.9 Å². The lowest BCUT2D eigenvalue weighted by molar-refractivity contribution is 0.120. The van der Waals surface area contributed by atoms with E-state index in [1.165, 1.54) is 12.4 Å². The molecule has 2 fully saturated rings. The van der Waals surface area contributed by atoms with Gasteiger partial charge in [0.1, 0.15) is 18.2 Å². The number of ether oxygens (including phenoxy) is 1. The van der Waals surface area contributed by atoms with Gasteiger partial charge in [0.25, 0.3) is 0 Å². The Labute approximate surface area is 214 Å². The minimum Gasteiger partial charge on any atom is -0.489 e. The quantitative estimate of drug-likeness (QED) is 0.270. The number of benzene rings is 1. The Balaban J connectivity index is 1.36. The topological polar surface area (TPSA) is 112 Å². The highest BCUT2D eigenvalue weighted by molar-refractivity contribution is 6.35. The Hall–Kier alpha value is -2.91. The van der Waals surface area contributed by atoms with Crippen LogP contribution < -0.4 is 26.0 Å². The Morgan fingerprint density at radius 2 is 1.94 bits per heavy atom. The van der Waals surface area contributed by atoms with Crippen molar-refractivity contribution < 1.29 is 4.74 Å². The highest BCUT2D eigenvalue weighted by Gasteiger charge is 2.48. The SMILES string of the molecule is CNCc1cc(C(=N)c2cc(OCc3c(Cl)cncc3Cl)ccc2N)cnc1N1CC2(CNC2)C1.